The summed E-state index contributed by atoms with van der Waals surface area (Å²) < 4.78 is 26.9. The molecule has 0 amide bonds. The van der Waals surface area contributed by atoms with E-state index in [0.29, 0.717) is 17.3 Å². The van der Waals surface area contributed by atoms with Gasteiger partial charge in [0.25, 0.3) is 0 Å². The van der Waals surface area contributed by atoms with Gasteiger partial charge in [-0.15, -0.1) is 11.6 Å². The number of unbranched alkanes of at least 4 members (excludes halogenated alkanes) is 1. The molecular formula is C14H20ClNO2S. The summed E-state index contributed by atoms with van der Waals surface area (Å²) in [5.74, 6) is 0.405. The molecule has 106 valence electrons. The van der Waals surface area contributed by atoms with E-state index >= 15 is 0 Å². The number of halogens is 1. The molecule has 1 saturated carbocycles. The van der Waals surface area contributed by atoms with Crippen LogP contribution < -0.4 is 0 Å². The molecule has 0 saturated heterocycles. The molecule has 1 aromatic rings. The van der Waals surface area contributed by atoms with E-state index in [-0.39, 0.29) is 6.04 Å². The van der Waals surface area contributed by atoms with Crippen molar-refractivity contribution in [2.75, 3.05) is 6.54 Å². The maximum Gasteiger partial charge on any atom is 0.243 e. The summed E-state index contributed by atoms with van der Waals surface area (Å²) in [6, 6.07) is 7.10. The Bertz CT molecular complexity index is 509. The van der Waals surface area contributed by atoms with Crippen LogP contribution in [-0.4, -0.2) is 25.3 Å². The molecule has 5 heteroatoms. The first kappa shape index (κ1) is 14.8. The van der Waals surface area contributed by atoms with Gasteiger partial charge in [-0.2, -0.15) is 4.31 Å². The Kier molecular flexibility index (Phi) is 4.87. The molecule has 0 aromatic heterocycles. The van der Waals surface area contributed by atoms with Gasteiger partial charge in [0.15, 0.2) is 0 Å². The fourth-order valence-corrected chi connectivity index (χ4v) is 3.96. The Morgan fingerprint density at radius 3 is 2.37 bits per heavy atom. The minimum Gasteiger partial charge on any atom is -0.207 e. The molecule has 2 rings (SSSR count). The Hall–Kier alpha value is -0.580. The van der Waals surface area contributed by atoms with Crippen molar-refractivity contribution in [3.63, 3.8) is 0 Å². The second-order valence-electron chi connectivity index (χ2n) is 4.98. The van der Waals surface area contributed by atoms with Crippen LogP contribution in [0.4, 0.5) is 0 Å². The summed E-state index contributed by atoms with van der Waals surface area (Å²) in [5.41, 5.74) is 0.937. The first-order valence-corrected chi connectivity index (χ1v) is 8.73. The molecule has 0 bridgehead atoms. The maximum atomic E-state index is 12.6. The zero-order valence-electron chi connectivity index (χ0n) is 11.2. The molecule has 0 N–H and O–H groups in total. The van der Waals surface area contributed by atoms with Crippen molar-refractivity contribution in [3.8, 4) is 0 Å². The molecule has 1 aromatic carbocycles. The third-order valence-corrected chi connectivity index (χ3v) is 5.65. The van der Waals surface area contributed by atoms with Crippen LogP contribution in [0, 0.1) is 0 Å². The quantitative estimate of drug-likeness (QED) is 0.724. The van der Waals surface area contributed by atoms with Gasteiger partial charge >= 0.3 is 0 Å². The van der Waals surface area contributed by atoms with Crippen LogP contribution in [-0.2, 0) is 15.9 Å². The number of alkyl halides is 1. The zero-order chi connectivity index (χ0) is 13.9. The lowest BCUT2D eigenvalue weighted by Gasteiger charge is -2.21. The molecule has 1 aliphatic carbocycles. The van der Waals surface area contributed by atoms with Gasteiger partial charge < -0.3 is 0 Å². The molecule has 0 aliphatic heterocycles. The van der Waals surface area contributed by atoms with Gasteiger partial charge in [-0.3, -0.25) is 0 Å². The second-order valence-corrected chi connectivity index (χ2v) is 7.14. The smallest absolute Gasteiger partial charge is 0.207 e. The Labute approximate surface area is 120 Å². The molecule has 0 unspecified atom stereocenters. The van der Waals surface area contributed by atoms with Crippen LogP contribution in [0.1, 0.15) is 38.2 Å². The van der Waals surface area contributed by atoms with E-state index < -0.39 is 10.0 Å². The molecule has 3 nitrogen and oxygen atoms in total. The van der Waals surface area contributed by atoms with E-state index in [2.05, 4.69) is 6.92 Å². The minimum absolute atomic E-state index is 0.212. The minimum atomic E-state index is -3.34. The van der Waals surface area contributed by atoms with E-state index in [1.54, 1.807) is 28.6 Å². The van der Waals surface area contributed by atoms with Crippen LogP contribution in [0.3, 0.4) is 0 Å². The summed E-state index contributed by atoms with van der Waals surface area (Å²) in [5, 5.41) is 0. The van der Waals surface area contributed by atoms with Crippen LogP contribution in [0.15, 0.2) is 29.2 Å². The van der Waals surface area contributed by atoms with Gasteiger partial charge in [0.1, 0.15) is 0 Å². The summed E-state index contributed by atoms with van der Waals surface area (Å²) in [6.07, 6.45) is 3.89. The Morgan fingerprint density at radius 2 is 1.89 bits per heavy atom. The molecule has 1 fully saturated rings. The Morgan fingerprint density at radius 1 is 1.26 bits per heavy atom. The molecule has 1 aliphatic rings. The van der Waals surface area contributed by atoms with Crippen molar-refractivity contribution in [1.82, 2.24) is 4.31 Å². The van der Waals surface area contributed by atoms with Crippen molar-refractivity contribution in [2.24, 2.45) is 0 Å². The highest BCUT2D eigenvalue weighted by Crippen LogP contribution is 2.32. The lowest BCUT2D eigenvalue weighted by atomic mass is 10.2. The summed E-state index contributed by atoms with van der Waals surface area (Å²) in [4.78, 5) is 0.379. The van der Waals surface area contributed by atoms with Gasteiger partial charge in [-0.25, -0.2) is 8.42 Å². The third-order valence-electron chi connectivity index (χ3n) is 3.37. The summed E-state index contributed by atoms with van der Waals surface area (Å²) in [6.45, 7) is 2.70. The average molecular weight is 302 g/mol. The molecule has 0 atom stereocenters. The van der Waals surface area contributed by atoms with Crippen LogP contribution in [0.25, 0.3) is 0 Å². The normalized spacial score (nSPS) is 15.9. The Balaban J connectivity index is 2.22. The molecule has 0 radical (unpaired) electrons. The largest absolute Gasteiger partial charge is 0.243 e. The number of hydrogen-bond acceptors (Lipinski definition) is 2. The van der Waals surface area contributed by atoms with E-state index in [1.807, 2.05) is 0 Å². The number of hydrogen-bond donors (Lipinski definition) is 0. The van der Waals surface area contributed by atoms with Gasteiger partial charge in [0.05, 0.1) is 4.90 Å². The SMILES string of the molecule is CCCCN(C1CC1)S(=O)(=O)c1ccc(CCl)cc1. The van der Waals surface area contributed by atoms with Gasteiger partial charge in [0.2, 0.25) is 10.0 Å². The van der Waals surface area contributed by atoms with Gasteiger partial charge in [0, 0.05) is 18.5 Å². The zero-order valence-corrected chi connectivity index (χ0v) is 12.8. The molecular weight excluding hydrogens is 282 g/mol. The summed E-state index contributed by atoms with van der Waals surface area (Å²) in [7, 11) is -3.34. The van der Waals surface area contributed by atoms with E-state index in [9.17, 15) is 8.42 Å². The third kappa shape index (κ3) is 3.50. The van der Waals surface area contributed by atoms with Crippen LogP contribution in [0.5, 0.6) is 0 Å². The van der Waals surface area contributed by atoms with Crippen molar-refractivity contribution in [3.05, 3.63) is 29.8 Å². The van der Waals surface area contributed by atoms with E-state index in [0.717, 1.165) is 31.2 Å². The van der Waals surface area contributed by atoms with Crippen molar-refractivity contribution in [1.29, 1.82) is 0 Å². The van der Waals surface area contributed by atoms with Crippen molar-refractivity contribution in [2.45, 2.75) is 49.4 Å². The molecule has 19 heavy (non-hydrogen) atoms. The standard InChI is InChI=1S/C14H20ClNO2S/c1-2-3-10-16(13-6-7-13)19(17,18)14-8-4-12(11-15)5-9-14/h4-5,8-9,13H,2-3,6-7,10-11H2,1H3. The van der Waals surface area contributed by atoms with Crippen molar-refractivity contribution < 1.29 is 8.42 Å². The fourth-order valence-electron chi connectivity index (χ4n) is 2.06. The number of rotatable bonds is 7. The molecule has 0 spiro atoms. The fraction of sp³-hybridized carbons (Fsp3) is 0.571. The predicted molar refractivity (Wildman–Crippen MR) is 77.8 cm³/mol. The molecule has 0 heterocycles. The lowest BCUT2D eigenvalue weighted by Crippen LogP contribution is -2.34. The number of nitrogens with zero attached hydrogens (tertiary/aromatic N) is 1. The number of sulfonamides is 1. The average Bonchev–Trinajstić information content (AvgIpc) is 3.23. The maximum absolute atomic E-state index is 12.6. The number of benzene rings is 1. The monoisotopic (exact) mass is 301 g/mol. The van der Waals surface area contributed by atoms with Gasteiger partial charge in [-0.05, 0) is 37.0 Å². The highest BCUT2D eigenvalue weighted by molar-refractivity contribution is 7.89. The first-order chi connectivity index (χ1) is 9.09. The van der Waals surface area contributed by atoms with Gasteiger partial charge in [-0.1, -0.05) is 25.5 Å². The summed E-state index contributed by atoms with van der Waals surface area (Å²) >= 11 is 5.73. The van der Waals surface area contributed by atoms with Crippen LogP contribution >= 0.6 is 11.6 Å². The second kappa shape index (κ2) is 6.25. The van der Waals surface area contributed by atoms with Crippen molar-refractivity contribution >= 4 is 21.6 Å². The first-order valence-electron chi connectivity index (χ1n) is 6.76. The highest BCUT2D eigenvalue weighted by atomic mass is 35.5. The highest BCUT2D eigenvalue weighted by Gasteiger charge is 2.37. The van der Waals surface area contributed by atoms with E-state index in [1.165, 1.54) is 0 Å². The van der Waals surface area contributed by atoms with Crippen LogP contribution in [0.2, 0.25) is 0 Å². The lowest BCUT2D eigenvalue weighted by molar-refractivity contribution is 0.395. The predicted octanol–water partition coefficient (Wildman–Crippen LogP) is 3.38. The topological polar surface area (TPSA) is 37.4 Å². The van der Waals surface area contributed by atoms with E-state index in [4.69, 9.17) is 11.6 Å².